The maximum Gasteiger partial charge on any atom is 0.353 e. The summed E-state index contributed by atoms with van der Waals surface area (Å²) in [5, 5.41) is 2.80. The lowest BCUT2D eigenvalue weighted by Crippen LogP contribution is -2.07. The number of esters is 1. The van der Waals surface area contributed by atoms with Crippen molar-refractivity contribution >= 4 is 39.9 Å². The lowest BCUT2D eigenvalue weighted by Gasteiger charge is -2.06. The zero-order valence-corrected chi connectivity index (χ0v) is 14.8. The van der Waals surface area contributed by atoms with Gasteiger partial charge < -0.3 is 9.15 Å². The summed E-state index contributed by atoms with van der Waals surface area (Å²) >= 11 is 7.19. The molecule has 0 unspecified atom stereocenters. The number of carbonyl (C=O) groups is 1. The van der Waals surface area contributed by atoms with Crippen molar-refractivity contribution in [2.24, 2.45) is 0 Å². The summed E-state index contributed by atoms with van der Waals surface area (Å²) < 4.78 is 10.9. The summed E-state index contributed by atoms with van der Waals surface area (Å²) in [7, 11) is 0. The Morgan fingerprint density at radius 3 is 2.62 bits per heavy atom. The number of hydrogen-bond donors (Lipinski definition) is 0. The third-order valence-electron chi connectivity index (χ3n) is 3.83. The molecule has 0 aliphatic rings. The predicted octanol–water partition coefficient (Wildman–Crippen LogP) is 5.39. The van der Waals surface area contributed by atoms with Gasteiger partial charge in [0.1, 0.15) is 22.5 Å². The Balaban J connectivity index is 1.70. The van der Waals surface area contributed by atoms with Crippen LogP contribution in [0.2, 0.25) is 5.02 Å². The van der Waals surface area contributed by atoms with Gasteiger partial charge in [0.25, 0.3) is 0 Å². The standard InChI is InChI=1S/C20H11ClO4S/c21-13-5-3-12(4-6-13)16-11-24-17-10-14(7-8-15(17)19(16)22)25-20(23)18-2-1-9-26-18/h1-11H. The van der Waals surface area contributed by atoms with Gasteiger partial charge >= 0.3 is 5.97 Å². The number of halogens is 1. The molecule has 4 nitrogen and oxygen atoms in total. The molecule has 2 aromatic carbocycles. The zero-order chi connectivity index (χ0) is 18.1. The number of carbonyl (C=O) groups excluding carboxylic acids is 1. The van der Waals surface area contributed by atoms with Gasteiger partial charge in [0.15, 0.2) is 5.43 Å². The van der Waals surface area contributed by atoms with Gasteiger partial charge in [0, 0.05) is 11.1 Å². The van der Waals surface area contributed by atoms with Crippen LogP contribution in [0.15, 0.2) is 75.5 Å². The highest BCUT2D eigenvalue weighted by Gasteiger charge is 2.13. The van der Waals surface area contributed by atoms with Gasteiger partial charge in [0.05, 0.1) is 10.9 Å². The van der Waals surface area contributed by atoms with Gasteiger partial charge in [-0.3, -0.25) is 4.79 Å². The fraction of sp³-hybridized carbons (Fsp3) is 0. The maximum atomic E-state index is 12.7. The Morgan fingerprint density at radius 2 is 1.88 bits per heavy atom. The first-order valence-electron chi connectivity index (χ1n) is 7.69. The summed E-state index contributed by atoms with van der Waals surface area (Å²) in [5.41, 5.74) is 1.35. The molecule has 128 valence electrons. The van der Waals surface area contributed by atoms with Gasteiger partial charge in [-0.05, 0) is 41.3 Å². The zero-order valence-electron chi connectivity index (χ0n) is 13.3. The predicted molar refractivity (Wildman–Crippen MR) is 102 cm³/mol. The van der Waals surface area contributed by atoms with Gasteiger partial charge in [-0.25, -0.2) is 4.79 Å². The van der Waals surface area contributed by atoms with E-state index >= 15 is 0 Å². The molecule has 0 bridgehead atoms. The Kier molecular flexibility index (Phi) is 4.32. The van der Waals surface area contributed by atoms with Crippen LogP contribution < -0.4 is 10.2 Å². The molecular weight excluding hydrogens is 372 g/mol. The van der Waals surface area contributed by atoms with E-state index in [1.54, 1.807) is 53.9 Å². The molecule has 0 spiro atoms. The van der Waals surface area contributed by atoms with Crippen molar-refractivity contribution in [2.45, 2.75) is 0 Å². The Labute approximate surface area is 157 Å². The summed E-state index contributed by atoms with van der Waals surface area (Å²) in [5.74, 6) is -0.127. The molecule has 4 aromatic rings. The number of ether oxygens (including phenoxy) is 1. The number of fused-ring (bicyclic) bond motifs is 1. The molecule has 0 N–H and O–H groups in total. The second-order valence-electron chi connectivity index (χ2n) is 5.51. The van der Waals surface area contributed by atoms with E-state index in [4.69, 9.17) is 20.8 Å². The number of benzene rings is 2. The quantitative estimate of drug-likeness (QED) is 0.352. The summed E-state index contributed by atoms with van der Waals surface area (Å²) in [6.45, 7) is 0. The smallest absolute Gasteiger partial charge is 0.353 e. The van der Waals surface area contributed by atoms with Crippen molar-refractivity contribution in [2.75, 3.05) is 0 Å². The molecule has 2 heterocycles. The van der Waals surface area contributed by atoms with Crippen LogP contribution in [-0.4, -0.2) is 5.97 Å². The van der Waals surface area contributed by atoms with Gasteiger partial charge in [0.2, 0.25) is 0 Å². The average Bonchev–Trinajstić information content (AvgIpc) is 3.18. The van der Waals surface area contributed by atoms with Gasteiger partial charge in [-0.2, -0.15) is 0 Å². The van der Waals surface area contributed by atoms with E-state index in [-0.39, 0.29) is 5.43 Å². The molecule has 0 aliphatic carbocycles. The van der Waals surface area contributed by atoms with Crippen LogP contribution in [0.25, 0.3) is 22.1 Å². The fourth-order valence-electron chi connectivity index (χ4n) is 2.55. The monoisotopic (exact) mass is 382 g/mol. The molecule has 0 saturated carbocycles. The molecule has 0 fully saturated rings. The van der Waals surface area contributed by atoms with Crippen LogP contribution in [-0.2, 0) is 0 Å². The summed E-state index contributed by atoms with van der Waals surface area (Å²) in [6.07, 6.45) is 1.40. The Hall–Kier alpha value is -2.89. The molecule has 2 aromatic heterocycles. The van der Waals surface area contributed by atoms with Crippen molar-refractivity contribution in [1.82, 2.24) is 0 Å². The molecule has 6 heteroatoms. The van der Waals surface area contributed by atoms with Gasteiger partial charge in [-0.15, -0.1) is 11.3 Å². The largest absolute Gasteiger partial charge is 0.463 e. The second-order valence-corrected chi connectivity index (χ2v) is 6.89. The van der Waals surface area contributed by atoms with Crippen molar-refractivity contribution in [3.8, 4) is 16.9 Å². The molecular formula is C20H11ClO4S. The molecule has 4 rings (SSSR count). The topological polar surface area (TPSA) is 56.5 Å². The van der Waals surface area contributed by atoms with Crippen molar-refractivity contribution in [3.63, 3.8) is 0 Å². The first kappa shape index (κ1) is 16.6. The van der Waals surface area contributed by atoms with Crippen LogP contribution in [0, 0.1) is 0 Å². The minimum atomic E-state index is -0.445. The maximum absolute atomic E-state index is 12.7. The van der Waals surface area contributed by atoms with E-state index in [0.717, 1.165) is 5.56 Å². The number of rotatable bonds is 3. The molecule has 0 atom stereocenters. The summed E-state index contributed by atoms with van der Waals surface area (Å²) in [6, 6.07) is 15.1. The fourth-order valence-corrected chi connectivity index (χ4v) is 3.28. The highest BCUT2D eigenvalue weighted by molar-refractivity contribution is 7.12. The molecule has 0 amide bonds. The van der Waals surface area contributed by atoms with Crippen molar-refractivity contribution < 1.29 is 13.9 Å². The molecule has 0 aliphatic heterocycles. The van der Waals surface area contributed by atoms with Crippen molar-refractivity contribution in [1.29, 1.82) is 0 Å². The van der Waals surface area contributed by atoms with Crippen LogP contribution >= 0.6 is 22.9 Å². The van der Waals surface area contributed by atoms with Crippen LogP contribution in [0.5, 0.6) is 5.75 Å². The van der Waals surface area contributed by atoms with Crippen LogP contribution in [0.4, 0.5) is 0 Å². The van der Waals surface area contributed by atoms with E-state index in [1.165, 1.54) is 23.7 Å². The van der Waals surface area contributed by atoms with Crippen molar-refractivity contribution in [3.05, 3.63) is 86.4 Å². The van der Waals surface area contributed by atoms with E-state index in [2.05, 4.69) is 0 Å². The minimum absolute atomic E-state index is 0.162. The second kappa shape index (κ2) is 6.78. The number of thiophene rings is 1. The number of hydrogen-bond acceptors (Lipinski definition) is 5. The van der Waals surface area contributed by atoms with Crippen LogP contribution in [0.1, 0.15) is 9.67 Å². The highest BCUT2D eigenvalue weighted by atomic mass is 35.5. The summed E-state index contributed by atoms with van der Waals surface area (Å²) in [4.78, 5) is 25.3. The van der Waals surface area contributed by atoms with E-state index in [9.17, 15) is 9.59 Å². The lowest BCUT2D eigenvalue weighted by atomic mass is 10.1. The molecule has 0 saturated heterocycles. The van der Waals surface area contributed by atoms with E-state index < -0.39 is 5.97 Å². The van der Waals surface area contributed by atoms with Gasteiger partial charge in [-0.1, -0.05) is 29.8 Å². The SMILES string of the molecule is O=C(Oc1ccc2c(=O)c(-c3ccc(Cl)cc3)coc2c1)c1cccs1. The first-order valence-corrected chi connectivity index (χ1v) is 8.95. The normalized spacial score (nSPS) is 10.8. The lowest BCUT2D eigenvalue weighted by molar-refractivity contribution is 0.0740. The third kappa shape index (κ3) is 3.14. The highest BCUT2D eigenvalue weighted by Crippen LogP contribution is 2.25. The first-order chi connectivity index (χ1) is 12.6. The molecule has 0 radical (unpaired) electrons. The Morgan fingerprint density at radius 1 is 1.08 bits per heavy atom. The van der Waals surface area contributed by atoms with E-state index in [1.807, 2.05) is 0 Å². The molecule has 26 heavy (non-hydrogen) atoms. The third-order valence-corrected chi connectivity index (χ3v) is 4.94. The van der Waals surface area contributed by atoms with Crippen LogP contribution in [0.3, 0.4) is 0 Å². The minimum Gasteiger partial charge on any atom is -0.463 e. The Bertz CT molecular complexity index is 1140. The van der Waals surface area contributed by atoms with E-state index in [0.29, 0.717) is 32.2 Å². The average molecular weight is 383 g/mol.